The number of nitrogens with zero attached hydrogens (tertiary/aromatic N) is 2. The van der Waals surface area contributed by atoms with Gasteiger partial charge in [0.2, 0.25) is 0 Å². The Bertz CT molecular complexity index is 1070. The van der Waals surface area contributed by atoms with Crippen LogP contribution in [0.3, 0.4) is 0 Å². The first kappa shape index (κ1) is 25.6. The predicted octanol–water partition coefficient (Wildman–Crippen LogP) is 4.84. The van der Waals surface area contributed by atoms with Crippen LogP contribution in [0.4, 0.5) is 14.5 Å². The molecule has 9 heteroatoms. The zero-order valence-electron chi connectivity index (χ0n) is 19.0. The number of rotatable bonds is 10. The number of para-hydroxylation sites is 2. The summed E-state index contributed by atoms with van der Waals surface area (Å²) < 4.78 is 36.4. The van der Waals surface area contributed by atoms with E-state index in [0.717, 1.165) is 24.4 Å². The fourth-order valence-electron chi connectivity index (χ4n) is 3.16. The molecule has 1 aromatic carbocycles. The molecule has 0 saturated heterocycles. The molecule has 0 spiro atoms. The van der Waals surface area contributed by atoms with Gasteiger partial charge in [-0.05, 0) is 56.0 Å². The zero-order chi connectivity index (χ0) is 24.5. The first-order valence-corrected chi connectivity index (χ1v) is 10.4. The fourth-order valence-corrected chi connectivity index (χ4v) is 3.16. The second kappa shape index (κ2) is 11.8. The van der Waals surface area contributed by atoms with E-state index in [1.807, 2.05) is 19.9 Å². The molecular weight excluding hydrogens is 432 g/mol. The van der Waals surface area contributed by atoms with Gasteiger partial charge >= 0.3 is 12.6 Å². The monoisotopic (exact) mass is 459 g/mol. The third kappa shape index (κ3) is 7.45. The van der Waals surface area contributed by atoms with Crippen LogP contribution in [0.15, 0.2) is 35.9 Å². The van der Waals surface area contributed by atoms with Crippen molar-refractivity contribution in [1.29, 1.82) is 5.26 Å². The van der Waals surface area contributed by atoms with Crippen molar-refractivity contribution in [3.8, 4) is 11.8 Å². The maximum absolute atomic E-state index is 12.5. The van der Waals surface area contributed by atoms with E-state index in [1.165, 1.54) is 30.3 Å². The van der Waals surface area contributed by atoms with Crippen LogP contribution in [0, 0.1) is 31.1 Å². The second-order valence-corrected chi connectivity index (χ2v) is 7.83. The Hall–Kier alpha value is -3.67. The molecule has 0 unspecified atom stereocenters. The van der Waals surface area contributed by atoms with Crippen LogP contribution in [-0.4, -0.2) is 29.7 Å². The van der Waals surface area contributed by atoms with Gasteiger partial charge in [0.1, 0.15) is 17.4 Å². The number of ether oxygens (including phenoxy) is 2. The molecule has 2 rings (SSSR count). The van der Waals surface area contributed by atoms with Gasteiger partial charge in [-0.3, -0.25) is 4.79 Å². The van der Waals surface area contributed by atoms with Gasteiger partial charge in [0.15, 0.2) is 6.61 Å². The Kier molecular flexibility index (Phi) is 9.16. The average Bonchev–Trinajstić information content (AvgIpc) is 3.02. The molecule has 7 nitrogen and oxygen atoms in total. The number of benzene rings is 1. The summed E-state index contributed by atoms with van der Waals surface area (Å²) in [5.74, 6) is -1.41. The highest BCUT2D eigenvalue weighted by Crippen LogP contribution is 2.25. The number of nitrogens with one attached hydrogen (secondary N) is 1. The first-order valence-electron chi connectivity index (χ1n) is 10.4. The van der Waals surface area contributed by atoms with E-state index < -0.39 is 25.1 Å². The molecule has 2 aromatic rings. The van der Waals surface area contributed by atoms with Crippen molar-refractivity contribution < 1.29 is 27.8 Å². The van der Waals surface area contributed by atoms with Crippen LogP contribution < -0.4 is 10.1 Å². The first-order chi connectivity index (χ1) is 15.6. The lowest BCUT2D eigenvalue weighted by atomic mass is 10.1. The molecule has 33 heavy (non-hydrogen) atoms. The van der Waals surface area contributed by atoms with E-state index in [-0.39, 0.29) is 17.0 Å². The summed E-state index contributed by atoms with van der Waals surface area (Å²) in [4.78, 5) is 24.5. The van der Waals surface area contributed by atoms with Gasteiger partial charge in [0.05, 0.1) is 5.69 Å². The predicted molar refractivity (Wildman–Crippen MR) is 120 cm³/mol. The minimum absolute atomic E-state index is 0.00346. The van der Waals surface area contributed by atoms with Gasteiger partial charge in [0, 0.05) is 17.9 Å². The molecule has 176 valence electrons. The van der Waals surface area contributed by atoms with Gasteiger partial charge in [0.25, 0.3) is 5.91 Å². The number of esters is 1. The van der Waals surface area contributed by atoms with Crippen LogP contribution in [0.2, 0.25) is 0 Å². The number of halogens is 2. The van der Waals surface area contributed by atoms with Gasteiger partial charge in [-0.2, -0.15) is 14.0 Å². The molecule has 0 atom stereocenters. The van der Waals surface area contributed by atoms with Gasteiger partial charge in [-0.15, -0.1) is 0 Å². The van der Waals surface area contributed by atoms with Gasteiger partial charge in [-0.1, -0.05) is 26.0 Å². The largest absolute Gasteiger partial charge is 0.451 e. The Morgan fingerprint density at radius 2 is 1.94 bits per heavy atom. The molecule has 0 saturated carbocycles. The summed E-state index contributed by atoms with van der Waals surface area (Å²) in [6.45, 7) is 5.21. The molecule has 1 N–H and O–H groups in total. The Balaban J connectivity index is 2.05. The van der Waals surface area contributed by atoms with Crippen molar-refractivity contribution in [2.24, 2.45) is 5.92 Å². The van der Waals surface area contributed by atoms with Crippen LogP contribution >= 0.6 is 0 Å². The van der Waals surface area contributed by atoms with E-state index in [0.29, 0.717) is 11.5 Å². The van der Waals surface area contributed by atoms with Gasteiger partial charge in [-0.25, -0.2) is 4.79 Å². The van der Waals surface area contributed by atoms with Crippen LogP contribution in [0.1, 0.15) is 37.2 Å². The number of amides is 1. The van der Waals surface area contributed by atoms with E-state index >= 15 is 0 Å². The summed E-state index contributed by atoms with van der Waals surface area (Å²) in [5, 5.41) is 11.7. The quantitative estimate of drug-likeness (QED) is 0.312. The van der Waals surface area contributed by atoms with E-state index in [4.69, 9.17) is 4.74 Å². The van der Waals surface area contributed by atoms with Gasteiger partial charge < -0.3 is 19.4 Å². The molecule has 0 aliphatic heterocycles. The van der Waals surface area contributed by atoms with E-state index in [1.54, 1.807) is 6.07 Å². The van der Waals surface area contributed by atoms with Crippen molar-refractivity contribution in [2.75, 3.05) is 11.9 Å². The molecule has 1 aromatic heterocycles. The number of alkyl halides is 2. The fraction of sp³-hybridized carbons (Fsp3) is 0.375. The summed E-state index contributed by atoms with van der Waals surface area (Å²) in [6.07, 6.45) is 2.42. The number of carbonyl (C=O) groups excluding carboxylic acids is 2. The normalized spacial score (nSPS) is 11.4. The Labute approximate surface area is 191 Å². The zero-order valence-corrected chi connectivity index (χ0v) is 19.0. The van der Waals surface area contributed by atoms with Crippen LogP contribution in [0.25, 0.3) is 6.08 Å². The molecule has 0 aliphatic rings. The average molecular weight is 459 g/mol. The topological polar surface area (TPSA) is 93.3 Å². The Morgan fingerprint density at radius 1 is 1.24 bits per heavy atom. The van der Waals surface area contributed by atoms with Crippen molar-refractivity contribution in [1.82, 2.24) is 4.57 Å². The third-order valence-corrected chi connectivity index (χ3v) is 4.89. The summed E-state index contributed by atoms with van der Waals surface area (Å²) in [7, 11) is 0. The summed E-state index contributed by atoms with van der Waals surface area (Å²) >= 11 is 0. The second-order valence-electron chi connectivity index (χ2n) is 7.83. The van der Waals surface area contributed by atoms with Crippen LogP contribution in [-0.2, 0) is 20.9 Å². The van der Waals surface area contributed by atoms with Crippen molar-refractivity contribution in [3.63, 3.8) is 0 Å². The number of aryl methyl sites for hydroxylation is 1. The third-order valence-electron chi connectivity index (χ3n) is 4.89. The molecule has 0 radical (unpaired) electrons. The lowest BCUT2D eigenvalue weighted by molar-refractivity contribution is -0.142. The molecule has 1 amide bonds. The lowest BCUT2D eigenvalue weighted by Gasteiger charge is -2.12. The smallest absolute Gasteiger partial charge is 0.387 e. The molecule has 0 aliphatic carbocycles. The summed E-state index contributed by atoms with van der Waals surface area (Å²) in [5.41, 5.74) is 2.39. The van der Waals surface area contributed by atoms with E-state index in [2.05, 4.69) is 28.5 Å². The SMILES string of the molecule is Cc1cc(C=C(C#N)C(=O)OCC(=O)Nc2ccccc2OC(F)F)c(C)n1CCC(C)C. The van der Waals surface area contributed by atoms with Crippen molar-refractivity contribution >= 4 is 23.6 Å². The highest BCUT2D eigenvalue weighted by atomic mass is 19.3. The molecule has 1 heterocycles. The molecule has 0 fully saturated rings. The van der Waals surface area contributed by atoms with Crippen molar-refractivity contribution in [3.05, 3.63) is 52.9 Å². The highest BCUT2D eigenvalue weighted by molar-refractivity contribution is 6.00. The highest BCUT2D eigenvalue weighted by Gasteiger charge is 2.17. The molecule has 0 bridgehead atoms. The maximum atomic E-state index is 12.5. The van der Waals surface area contributed by atoms with Crippen LogP contribution in [0.5, 0.6) is 5.75 Å². The molecular formula is C24H27F2N3O4. The summed E-state index contributed by atoms with van der Waals surface area (Å²) in [6, 6.07) is 9.31. The van der Waals surface area contributed by atoms with E-state index in [9.17, 15) is 23.6 Å². The minimum atomic E-state index is -3.06. The number of hydrogen-bond donors (Lipinski definition) is 1. The van der Waals surface area contributed by atoms with Crippen molar-refractivity contribution in [2.45, 2.75) is 47.3 Å². The number of hydrogen-bond acceptors (Lipinski definition) is 5. The minimum Gasteiger partial charge on any atom is -0.451 e. The standard InChI is InChI=1S/C24H27F2N3O4/c1-15(2)9-10-29-16(3)11-18(17(29)4)12-19(13-27)23(31)32-14-22(30)28-20-7-5-6-8-21(20)33-24(25)26/h5-8,11-12,15,24H,9-10,14H2,1-4H3,(H,28,30). The number of carbonyl (C=O) groups is 2. The number of anilines is 1. The lowest BCUT2D eigenvalue weighted by Crippen LogP contribution is -2.22. The number of nitriles is 1. The Morgan fingerprint density at radius 3 is 2.58 bits per heavy atom. The number of aromatic nitrogens is 1. The maximum Gasteiger partial charge on any atom is 0.387 e.